The maximum absolute atomic E-state index is 13.1. The summed E-state index contributed by atoms with van der Waals surface area (Å²) < 4.78 is 0. The maximum atomic E-state index is 13.1. The minimum Gasteiger partial charge on any atom is -0.399 e. The van der Waals surface area contributed by atoms with Gasteiger partial charge in [0.25, 0.3) is 5.91 Å². The largest absolute Gasteiger partial charge is 0.399 e. The Morgan fingerprint density at radius 1 is 0.967 bits per heavy atom. The third-order valence-electron chi connectivity index (χ3n) is 5.25. The van der Waals surface area contributed by atoms with Crippen molar-refractivity contribution in [2.75, 3.05) is 36.8 Å². The Bertz CT molecular complexity index is 910. The van der Waals surface area contributed by atoms with Crippen molar-refractivity contribution in [3.05, 3.63) is 58.1 Å². The molecule has 0 spiro atoms. The molecule has 1 saturated heterocycles. The van der Waals surface area contributed by atoms with Crippen molar-refractivity contribution in [1.82, 2.24) is 10.2 Å². The van der Waals surface area contributed by atoms with Crippen LogP contribution in [0.5, 0.6) is 0 Å². The molecule has 1 aliphatic rings. The van der Waals surface area contributed by atoms with Crippen LogP contribution < -0.4 is 16.0 Å². The molecule has 0 aromatic heterocycles. The summed E-state index contributed by atoms with van der Waals surface area (Å²) in [5, 5.41) is 3.92. The van der Waals surface area contributed by atoms with E-state index >= 15 is 0 Å². The molecule has 0 aliphatic carbocycles. The van der Waals surface area contributed by atoms with Gasteiger partial charge < -0.3 is 20.9 Å². The molecule has 0 radical (unpaired) electrons. The van der Waals surface area contributed by atoms with Gasteiger partial charge in [0.05, 0.1) is 10.0 Å². The van der Waals surface area contributed by atoms with Gasteiger partial charge in [0.15, 0.2) is 0 Å². The Morgan fingerprint density at radius 3 is 2.17 bits per heavy atom. The van der Waals surface area contributed by atoms with Crippen molar-refractivity contribution in [2.24, 2.45) is 5.92 Å². The number of nitrogen functional groups attached to an aromatic ring is 1. The topological polar surface area (TPSA) is 78.7 Å². The number of amides is 2. The number of hydrogen-bond acceptors (Lipinski definition) is 4. The second-order valence-electron chi connectivity index (χ2n) is 7.73. The lowest BCUT2D eigenvalue weighted by Crippen LogP contribution is -2.56. The number of carbonyl (C=O) groups excluding carboxylic acids is 2. The summed E-state index contributed by atoms with van der Waals surface area (Å²) >= 11 is 12.1. The number of rotatable bonds is 5. The second-order valence-corrected chi connectivity index (χ2v) is 8.54. The van der Waals surface area contributed by atoms with Gasteiger partial charge in [-0.2, -0.15) is 0 Å². The summed E-state index contributed by atoms with van der Waals surface area (Å²) in [6, 6.07) is 11.6. The average Bonchev–Trinajstić information content (AvgIpc) is 2.73. The Labute approximate surface area is 186 Å². The zero-order valence-corrected chi connectivity index (χ0v) is 18.6. The molecular formula is C22H26Cl2N4O2. The Balaban J connectivity index is 1.63. The molecule has 1 aliphatic heterocycles. The predicted octanol–water partition coefficient (Wildman–Crippen LogP) is 3.68. The monoisotopic (exact) mass is 448 g/mol. The summed E-state index contributed by atoms with van der Waals surface area (Å²) in [6.45, 7) is 6.36. The lowest BCUT2D eigenvalue weighted by molar-refractivity contribution is -0.134. The van der Waals surface area contributed by atoms with E-state index in [1.54, 1.807) is 30.3 Å². The van der Waals surface area contributed by atoms with E-state index in [4.69, 9.17) is 28.9 Å². The third kappa shape index (κ3) is 5.18. The van der Waals surface area contributed by atoms with Crippen molar-refractivity contribution >= 4 is 46.4 Å². The summed E-state index contributed by atoms with van der Waals surface area (Å²) in [5.74, 6) is -0.387. The first-order chi connectivity index (χ1) is 14.3. The predicted molar refractivity (Wildman–Crippen MR) is 122 cm³/mol. The highest BCUT2D eigenvalue weighted by Gasteiger charge is 2.31. The van der Waals surface area contributed by atoms with Gasteiger partial charge >= 0.3 is 0 Å². The summed E-state index contributed by atoms with van der Waals surface area (Å²) in [7, 11) is 0. The molecule has 2 aromatic carbocycles. The van der Waals surface area contributed by atoms with E-state index in [0.717, 1.165) is 5.69 Å². The molecular weight excluding hydrogens is 423 g/mol. The first-order valence-electron chi connectivity index (χ1n) is 9.91. The number of piperazine rings is 1. The van der Waals surface area contributed by atoms with Crippen molar-refractivity contribution < 1.29 is 9.59 Å². The molecule has 1 heterocycles. The number of anilines is 2. The highest BCUT2D eigenvalue weighted by Crippen LogP contribution is 2.28. The first kappa shape index (κ1) is 22.2. The fourth-order valence-electron chi connectivity index (χ4n) is 3.44. The molecule has 2 aromatic rings. The van der Waals surface area contributed by atoms with E-state index in [2.05, 4.69) is 10.2 Å². The zero-order chi connectivity index (χ0) is 21.8. The fourth-order valence-corrected chi connectivity index (χ4v) is 3.73. The highest BCUT2D eigenvalue weighted by molar-refractivity contribution is 6.42. The third-order valence-corrected chi connectivity index (χ3v) is 5.99. The molecule has 160 valence electrons. The van der Waals surface area contributed by atoms with Crippen LogP contribution in [0.3, 0.4) is 0 Å². The van der Waals surface area contributed by atoms with E-state index in [1.807, 2.05) is 30.9 Å². The molecule has 30 heavy (non-hydrogen) atoms. The molecule has 0 bridgehead atoms. The summed E-state index contributed by atoms with van der Waals surface area (Å²) in [6.07, 6.45) is 0. The molecule has 8 heteroatoms. The van der Waals surface area contributed by atoms with Gasteiger partial charge in [-0.3, -0.25) is 9.59 Å². The van der Waals surface area contributed by atoms with Crippen molar-refractivity contribution in [2.45, 2.75) is 19.9 Å². The van der Waals surface area contributed by atoms with E-state index in [0.29, 0.717) is 47.5 Å². The Kier molecular flexibility index (Phi) is 7.10. The minimum absolute atomic E-state index is 0.0386. The van der Waals surface area contributed by atoms with Crippen molar-refractivity contribution in [1.29, 1.82) is 0 Å². The smallest absolute Gasteiger partial charge is 0.251 e. The van der Waals surface area contributed by atoms with E-state index < -0.39 is 6.04 Å². The van der Waals surface area contributed by atoms with Gasteiger partial charge in [-0.05, 0) is 48.4 Å². The van der Waals surface area contributed by atoms with Crippen LogP contribution in [0.4, 0.5) is 11.4 Å². The standard InChI is InChI=1S/C22H26Cl2N4O2/c1-14(2)20(26-21(29)15-3-5-16(25)6-4-15)22(30)28-11-9-27(10-12-28)17-7-8-18(23)19(24)13-17/h3-8,13-14,20H,9-12,25H2,1-2H3,(H,26,29)/t20-/m1/s1. The Hall–Kier alpha value is -2.44. The normalized spacial score (nSPS) is 15.2. The molecule has 6 nitrogen and oxygen atoms in total. The number of hydrogen-bond donors (Lipinski definition) is 2. The van der Waals surface area contributed by atoms with Gasteiger partial charge in [-0.15, -0.1) is 0 Å². The summed E-state index contributed by atoms with van der Waals surface area (Å²) in [4.78, 5) is 29.7. The van der Waals surface area contributed by atoms with Crippen LogP contribution in [0.2, 0.25) is 10.0 Å². The first-order valence-corrected chi connectivity index (χ1v) is 10.7. The van der Waals surface area contributed by atoms with E-state index in [9.17, 15) is 9.59 Å². The number of benzene rings is 2. The fraction of sp³-hybridized carbons (Fsp3) is 0.364. The van der Waals surface area contributed by atoms with E-state index in [1.165, 1.54) is 0 Å². The lowest BCUT2D eigenvalue weighted by Gasteiger charge is -2.38. The lowest BCUT2D eigenvalue weighted by atomic mass is 10.0. The van der Waals surface area contributed by atoms with E-state index in [-0.39, 0.29) is 17.7 Å². The number of carbonyl (C=O) groups is 2. The SMILES string of the molecule is CC(C)[C@@H](NC(=O)c1ccc(N)cc1)C(=O)N1CCN(c2ccc(Cl)c(Cl)c2)CC1. The Morgan fingerprint density at radius 2 is 1.60 bits per heavy atom. The number of halogens is 2. The second kappa shape index (κ2) is 9.58. The minimum atomic E-state index is -0.591. The maximum Gasteiger partial charge on any atom is 0.251 e. The molecule has 2 amide bonds. The quantitative estimate of drug-likeness (QED) is 0.683. The van der Waals surface area contributed by atoms with Crippen LogP contribution in [-0.2, 0) is 4.79 Å². The van der Waals surface area contributed by atoms with Crippen LogP contribution in [0.25, 0.3) is 0 Å². The summed E-state index contributed by atoms with van der Waals surface area (Å²) in [5.41, 5.74) is 7.73. The molecule has 1 atom stereocenters. The number of nitrogens with one attached hydrogen (secondary N) is 1. The zero-order valence-electron chi connectivity index (χ0n) is 17.1. The molecule has 0 unspecified atom stereocenters. The van der Waals surface area contributed by atoms with Crippen LogP contribution in [-0.4, -0.2) is 48.9 Å². The van der Waals surface area contributed by atoms with Crippen LogP contribution in [0.1, 0.15) is 24.2 Å². The number of nitrogens with two attached hydrogens (primary N) is 1. The molecule has 1 fully saturated rings. The molecule has 3 rings (SSSR count). The number of nitrogens with zero attached hydrogens (tertiary/aromatic N) is 2. The highest BCUT2D eigenvalue weighted by atomic mass is 35.5. The molecule has 0 saturated carbocycles. The van der Waals surface area contributed by atoms with Gasteiger partial charge in [-0.25, -0.2) is 0 Å². The average molecular weight is 449 g/mol. The van der Waals surface area contributed by atoms with Gasteiger partial charge in [0, 0.05) is 43.1 Å². The van der Waals surface area contributed by atoms with Crippen molar-refractivity contribution in [3.8, 4) is 0 Å². The van der Waals surface area contributed by atoms with Gasteiger partial charge in [0.1, 0.15) is 6.04 Å². The van der Waals surface area contributed by atoms with Crippen LogP contribution in [0.15, 0.2) is 42.5 Å². The van der Waals surface area contributed by atoms with Crippen LogP contribution >= 0.6 is 23.2 Å². The van der Waals surface area contributed by atoms with Crippen LogP contribution in [0, 0.1) is 5.92 Å². The van der Waals surface area contributed by atoms with Gasteiger partial charge in [0.2, 0.25) is 5.91 Å². The van der Waals surface area contributed by atoms with Crippen molar-refractivity contribution in [3.63, 3.8) is 0 Å². The van der Waals surface area contributed by atoms with Gasteiger partial charge in [-0.1, -0.05) is 37.0 Å². The molecule has 3 N–H and O–H groups in total.